The molecule has 6 rings (SSSR count). The number of fused-ring (bicyclic) bond motifs is 2. The number of benzene rings is 2. The molecule has 0 amide bonds. The summed E-state index contributed by atoms with van der Waals surface area (Å²) in [5.74, 6) is 0. The second kappa shape index (κ2) is 11.6. The molecule has 0 N–H and O–H groups in total. The standard InChI is InChI=1S/C30H34Si.2ClH.Zr/c1-3-15-27(16-4-1)31(28-17-5-2-6-18-28,29-19-23-11-7-8-12-24(23)20-29)30-21-25-13-9-10-14-26(25)22-30;;;/h7-14,19-22,27-28H,1-6,15-18H2;2*1H;/q-2;;;+4/p-2. The monoisotopic (exact) mass is 582 g/mol. The van der Waals surface area contributed by atoms with Crippen LogP contribution in [0.4, 0.5) is 0 Å². The van der Waals surface area contributed by atoms with E-state index in [2.05, 4.69) is 72.8 Å². The van der Waals surface area contributed by atoms with Crippen molar-refractivity contribution in [3.63, 3.8) is 0 Å². The Labute approximate surface area is 224 Å². The average Bonchev–Trinajstić information content (AvgIpc) is 3.51. The van der Waals surface area contributed by atoms with Gasteiger partial charge in [-0.3, -0.25) is 0 Å². The fourth-order valence-electron chi connectivity index (χ4n) is 7.34. The Morgan fingerprint density at radius 2 is 1.00 bits per heavy atom. The minimum absolute atomic E-state index is 0.826. The molecule has 2 saturated carbocycles. The van der Waals surface area contributed by atoms with Gasteiger partial charge in [-0.2, -0.15) is 22.9 Å². The van der Waals surface area contributed by atoms with E-state index in [0.717, 1.165) is 11.1 Å². The molecule has 34 heavy (non-hydrogen) atoms. The average molecular weight is 585 g/mol. The number of rotatable bonds is 4. The van der Waals surface area contributed by atoms with E-state index >= 15 is 0 Å². The van der Waals surface area contributed by atoms with Crippen LogP contribution in [0.1, 0.15) is 64.2 Å². The minimum Gasteiger partial charge on any atom is -0.168 e. The van der Waals surface area contributed by atoms with Gasteiger partial charge in [0, 0.05) is 0 Å². The fourth-order valence-corrected chi connectivity index (χ4v) is 14.4. The van der Waals surface area contributed by atoms with Crippen LogP contribution in [0.3, 0.4) is 0 Å². The summed E-state index contributed by atoms with van der Waals surface area (Å²) in [6.45, 7) is 0. The molecular formula is C30H34Cl2SiZr. The first-order valence-corrected chi connectivity index (χ1v) is 21.5. The van der Waals surface area contributed by atoms with Gasteiger partial charge < -0.3 is 0 Å². The van der Waals surface area contributed by atoms with Crippen molar-refractivity contribution in [2.24, 2.45) is 0 Å². The zero-order valence-electron chi connectivity index (χ0n) is 19.9. The van der Waals surface area contributed by atoms with Gasteiger partial charge in [0.1, 0.15) is 0 Å². The molecule has 0 nitrogen and oxygen atoms in total. The summed E-state index contributed by atoms with van der Waals surface area (Å²) >= 11 is -0.826. The molecule has 2 aliphatic rings. The molecule has 0 spiro atoms. The van der Waals surface area contributed by atoms with Gasteiger partial charge in [0.25, 0.3) is 0 Å². The first-order chi connectivity index (χ1) is 16.8. The Morgan fingerprint density at radius 1 is 0.618 bits per heavy atom. The Balaban J connectivity index is 0.000000764. The molecule has 0 bridgehead atoms. The molecule has 4 heteroatoms. The van der Waals surface area contributed by atoms with Crippen molar-refractivity contribution in [3.05, 3.63) is 72.8 Å². The van der Waals surface area contributed by atoms with E-state index < -0.39 is 28.9 Å². The number of hydrogen-bond donors (Lipinski definition) is 0. The molecular weight excluding hydrogens is 551 g/mol. The summed E-state index contributed by atoms with van der Waals surface area (Å²) in [7, 11) is 7.96. The van der Waals surface area contributed by atoms with Crippen molar-refractivity contribution in [1.82, 2.24) is 0 Å². The van der Waals surface area contributed by atoms with E-state index in [1.54, 1.807) is 10.4 Å². The Kier molecular flexibility index (Phi) is 8.53. The first-order valence-electron chi connectivity index (χ1n) is 13.1. The smallest absolute Gasteiger partial charge is 0.0843 e. The van der Waals surface area contributed by atoms with Gasteiger partial charge in [-0.25, -0.2) is 0 Å². The minimum atomic E-state index is -1.91. The van der Waals surface area contributed by atoms with Crippen LogP contribution >= 0.6 is 17.0 Å². The molecule has 0 aromatic heterocycles. The van der Waals surface area contributed by atoms with Gasteiger partial charge in [-0.1, -0.05) is 76.3 Å². The third kappa shape index (κ3) is 4.82. The Hall–Kier alpha value is -0.660. The van der Waals surface area contributed by atoms with Crippen LogP contribution in [-0.2, 0) is 20.8 Å². The maximum absolute atomic E-state index is 4.93. The molecule has 0 unspecified atom stereocenters. The van der Waals surface area contributed by atoms with Crippen molar-refractivity contribution < 1.29 is 20.8 Å². The largest absolute Gasteiger partial charge is 0.168 e. The van der Waals surface area contributed by atoms with Gasteiger partial charge >= 0.3 is 37.9 Å². The molecule has 2 aliphatic carbocycles. The molecule has 0 heterocycles. The van der Waals surface area contributed by atoms with Gasteiger partial charge in [0.2, 0.25) is 0 Å². The molecule has 4 aromatic carbocycles. The van der Waals surface area contributed by atoms with Gasteiger partial charge in [-0.15, -0.1) is 69.7 Å². The summed E-state index contributed by atoms with van der Waals surface area (Å²) in [6.07, 6.45) is 14.4. The molecule has 0 aliphatic heterocycles. The van der Waals surface area contributed by atoms with Crippen molar-refractivity contribution in [2.75, 3.05) is 0 Å². The fraction of sp³-hybridized carbons (Fsp3) is 0.400. The summed E-state index contributed by atoms with van der Waals surface area (Å²) < 4.78 is 0. The predicted octanol–water partition coefficient (Wildman–Crippen LogP) is 9.04. The van der Waals surface area contributed by atoms with Crippen molar-refractivity contribution in [1.29, 1.82) is 0 Å². The summed E-state index contributed by atoms with van der Waals surface area (Å²) in [5, 5.41) is 9.33. The van der Waals surface area contributed by atoms with Crippen molar-refractivity contribution in [3.8, 4) is 0 Å². The predicted molar refractivity (Wildman–Crippen MR) is 149 cm³/mol. The topological polar surface area (TPSA) is 0 Å². The van der Waals surface area contributed by atoms with E-state index in [1.807, 2.05) is 0 Å². The SMILES string of the molecule is [Cl][Zr+2][Cl].c1ccc2[cH-]c([Si](c3cc4ccccc4[cH-]3)(C3CCCCC3)C3CCCCC3)cc2c1. The van der Waals surface area contributed by atoms with Crippen LogP contribution in [0.15, 0.2) is 72.8 Å². The quantitative estimate of drug-likeness (QED) is 0.166. The van der Waals surface area contributed by atoms with Gasteiger partial charge in [0.05, 0.1) is 8.07 Å². The zero-order valence-corrected chi connectivity index (χ0v) is 24.9. The third-order valence-electron chi connectivity index (χ3n) is 8.69. The summed E-state index contributed by atoms with van der Waals surface area (Å²) in [5.41, 5.74) is 1.80. The zero-order chi connectivity index (χ0) is 23.4. The molecule has 2 fully saturated rings. The van der Waals surface area contributed by atoms with E-state index in [0.29, 0.717) is 0 Å². The second-order valence-corrected chi connectivity index (χ2v) is 18.6. The van der Waals surface area contributed by atoms with Gasteiger partial charge in [-0.05, 0) is 11.1 Å². The molecule has 0 atom stereocenters. The van der Waals surface area contributed by atoms with Crippen molar-refractivity contribution in [2.45, 2.75) is 75.3 Å². The van der Waals surface area contributed by atoms with E-state index in [1.165, 1.54) is 85.8 Å². The maximum Gasteiger partial charge on any atom is 0.0843 e. The number of halogens is 2. The number of hydrogen-bond acceptors (Lipinski definition) is 0. The van der Waals surface area contributed by atoms with Crippen LogP contribution in [0.2, 0.25) is 11.1 Å². The van der Waals surface area contributed by atoms with Crippen molar-refractivity contribution >= 4 is 57.0 Å². The van der Waals surface area contributed by atoms with Gasteiger partial charge in [0.15, 0.2) is 0 Å². The maximum atomic E-state index is 4.93. The van der Waals surface area contributed by atoms with Crippen LogP contribution in [0.5, 0.6) is 0 Å². The summed E-state index contributed by atoms with van der Waals surface area (Å²) in [6, 6.07) is 28.7. The van der Waals surface area contributed by atoms with E-state index in [9.17, 15) is 0 Å². The Morgan fingerprint density at radius 3 is 1.38 bits per heavy atom. The first kappa shape index (κ1) is 25.0. The van der Waals surface area contributed by atoms with Crippen LogP contribution in [0, 0.1) is 0 Å². The normalized spacial score (nSPS) is 17.9. The van der Waals surface area contributed by atoms with E-state index in [4.69, 9.17) is 17.0 Å². The molecule has 4 aromatic rings. The second-order valence-electron chi connectivity index (χ2n) is 10.4. The van der Waals surface area contributed by atoms with Crippen LogP contribution in [-0.4, -0.2) is 8.07 Å². The van der Waals surface area contributed by atoms with E-state index in [-0.39, 0.29) is 0 Å². The van der Waals surface area contributed by atoms with Crippen LogP contribution < -0.4 is 10.4 Å². The molecule has 0 saturated heterocycles. The molecule has 176 valence electrons. The molecule has 0 radical (unpaired) electrons. The van der Waals surface area contributed by atoms with Crippen LogP contribution in [0.25, 0.3) is 21.5 Å². The Bertz CT molecular complexity index is 1040. The summed E-state index contributed by atoms with van der Waals surface area (Å²) in [4.78, 5) is 0. The third-order valence-corrected chi connectivity index (χ3v) is 14.9.